The highest BCUT2D eigenvalue weighted by Gasteiger charge is 2.16. The van der Waals surface area contributed by atoms with Gasteiger partial charge in [-0.1, -0.05) is 11.2 Å². The fourth-order valence-electron chi connectivity index (χ4n) is 1.47. The predicted molar refractivity (Wildman–Crippen MR) is 61.6 cm³/mol. The van der Waals surface area contributed by atoms with E-state index in [1.165, 1.54) is 0 Å². The normalized spacial score (nSPS) is 12.6. The van der Waals surface area contributed by atoms with Crippen LogP contribution in [0.1, 0.15) is 24.4 Å². The van der Waals surface area contributed by atoms with Gasteiger partial charge in [0, 0.05) is 18.2 Å². The minimum atomic E-state index is -0.217. The van der Waals surface area contributed by atoms with Crippen LogP contribution in [0.4, 0.5) is 0 Å². The third-order valence-electron chi connectivity index (χ3n) is 2.69. The molecule has 0 aliphatic carbocycles. The van der Waals surface area contributed by atoms with Crippen molar-refractivity contribution < 1.29 is 14.4 Å². The van der Waals surface area contributed by atoms with Crippen LogP contribution in [0.3, 0.4) is 0 Å². The van der Waals surface area contributed by atoms with Gasteiger partial charge < -0.3 is 14.4 Å². The molecule has 17 heavy (non-hydrogen) atoms. The summed E-state index contributed by atoms with van der Waals surface area (Å²) in [4.78, 5) is 4.24. The minimum Gasteiger partial charge on any atom is -0.508 e. The summed E-state index contributed by atoms with van der Waals surface area (Å²) in [6, 6.07) is 5.18. The number of hydrogen-bond donors (Lipinski definition) is 1. The molecule has 1 aromatic carbocycles. The Morgan fingerprint density at radius 3 is 2.88 bits per heavy atom. The number of phenolic OH excluding ortho intramolecular Hbond substituents is 1. The zero-order chi connectivity index (χ0) is 12.4. The van der Waals surface area contributed by atoms with Crippen molar-refractivity contribution >= 4 is 0 Å². The third-order valence-corrected chi connectivity index (χ3v) is 2.69. The first-order chi connectivity index (χ1) is 8.13. The summed E-state index contributed by atoms with van der Waals surface area (Å²) in [5, 5.41) is 13.5. The molecule has 0 saturated heterocycles. The Balaban J connectivity index is 2.40. The van der Waals surface area contributed by atoms with E-state index in [4.69, 9.17) is 9.26 Å². The summed E-state index contributed by atoms with van der Waals surface area (Å²) >= 11 is 0. The van der Waals surface area contributed by atoms with Crippen molar-refractivity contribution in [2.75, 3.05) is 7.11 Å². The lowest BCUT2D eigenvalue weighted by Crippen LogP contribution is -1.97. The number of nitrogens with zero attached hydrogens (tertiary/aromatic N) is 2. The smallest absolute Gasteiger partial charge is 0.258 e. The number of hydrogen-bond acceptors (Lipinski definition) is 5. The zero-order valence-electron chi connectivity index (χ0n) is 9.97. The summed E-state index contributed by atoms with van der Waals surface area (Å²) in [5.74, 6) is 1.09. The van der Waals surface area contributed by atoms with E-state index < -0.39 is 0 Å². The van der Waals surface area contributed by atoms with Crippen molar-refractivity contribution in [1.82, 2.24) is 10.1 Å². The predicted octanol–water partition coefficient (Wildman–Crippen LogP) is 2.46. The molecule has 0 aliphatic rings. The topological polar surface area (TPSA) is 68.4 Å². The Hall–Kier alpha value is -1.88. The van der Waals surface area contributed by atoms with Gasteiger partial charge in [-0.3, -0.25) is 0 Å². The molecule has 0 radical (unpaired) electrons. The molecule has 1 atom stereocenters. The molecule has 0 saturated carbocycles. The number of benzene rings is 1. The van der Waals surface area contributed by atoms with Crippen molar-refractivity contribution in [2.24, 2.45) is 0 Å². The van der Waals surface area contributed by atoms with E-state index in [1.54, 1.807) is 26.2 Å². The van der Waals surface area contributed by atoms with Gasteiger partial charge in [0.1, 0.15) is 11.9 Å². The standard InChI is InChI=1S/C12H14N2O3/c1-7-9(5-4-6-10(7)15)12-13-11(14-17-12)8(2)16-3/h4-6,8,15H,1-3H3. The summed E-state index contributed by atoms with van der Waals surface area (Å²) in [6.07, 6.45) is -0.217. The minimum absolute atomic E-state index is 0.210. The lowest BCUT2D eigenvalue weighted by Gasteiger charge is -2.03. The summed E-state index contributed by atoms with van der Waals surface area (Å²) in [5.41, 5.74) is 1.44. The summed E-state index contributed by atoms with van der Waals surface area (Å²) in [6.45, 7) is 3.64. The molecule has 90 valence electrons. The van der Waals surface area contributed by atoms with E-state index in [1.807, 2.05) is 13.0 Å². The average molecular weight is 234 g/mol. The van der Waals surface area contributed by atoms with Gasteiger partial charge in [-0.15, -0.1) is 0 Å². The van der Waals surface area contributed by atoms with Crippen molar-refractivity contribution in [3.8, 4) is 17.2 Å². The van der Waals surface area contributed by atoms with Gasteiger partial charge in [-0.05, 0) is 26.0 Å². The van der Waals surface area contributed by atoms with E-state index in [0.29, 0.717) is 17.3 Å². The lowest BCUT2D eigenvalue weighted by molar-refractivity contribution is 0.109. The lowest BCUT2D eigenvalue weighted by atomic mass is 10.1. The first-order valence-corrected chi connectivity index (χ1v) is 5.29. The third kappa shape index (κ3) is 2.14. The van der Waals surface area contributed by atoms with Crippen LogP contribution in [0, 0.1) is 6.92 Å². The average Bonchev–Trinajstić information content (AvgIpc) is 2.81. The van der Waals surface area contributed by atoms with Crippen molar-refractivity contribution in [3.05, 3.63) is 29.6 Å². The quantitative estimate of drug-likeness (QED) is 0.883. The second-order valence-corrected chi connectivity index (χ2v) is 3.79. The van der Waals surface area contributed by atoms with Gasteiger partial charge in [0.25, 0.3) is 5.89 Å². The molecule has 1 unspecified atom stereocenters. The van der Waals surface area contributed by atoms with Crippen LogP contribution >= 0.6 is 0 Å². The van der Waals surface area contributed by atoms with E-state index in [-0.39, 0.29) is 11.9 Å². The van der Waals surface area contributed by atoms with E-state index >= 15 is 0 Å². The van der Waals surface area contributed by atoms with Crippen molar-refractivity contribution in [1.29, 1.82) is 0 Å². The van der Waals surface area contributed by atoms with Gasteiger partial charge in [0.05, 0.1) is 0 Å². The molecule has 0 bridgehead atoms. The Kier molecular flexibility index (Phi) is 3.10. The van der Waals surface area contributed by atoms with Crippen LogP contribution in [-0.4, -0.2) is 22.4 Å². The molecule has 0 spiro atoms. The maximum Gasteiger partial charge on any atom is 0.258 e. The Morgan fingerprint density at radius 2 is 2.18 bits per heavy atom. The highest BCUT2D eigenvalue weighted by Crippen LogP contribution is 2.28. The van der Waals surface area contributed by atoms with Crippen LogP contribution < -0.4 is 0 Å². The molecule has 0 aliphatic heterocycles. The first kappa shape index (κ1) is 11.6. The Bertz CT molecular complexity index is 522. The van der Waals surface area contributed by atoms with E-state index in [2.05, 4.69) is 10.1 Å². The van der Waals surface area contributed by atoms with Gasteiger partial charge in [-0.25, -0.2) is 0 Å². The molecule has 0 amide bonds. The SMILES string of the molecule is COC(C)c1noc(-c2cccc(O)c2C)n1. The largest absolute Gasteiger partial charge is 0.508 e. The second kappa shape index (κ2) is 4.55. The molecule has 1 heterocycles. The molecule has 1 N–H and O–H groups in total. The Morgan fingerprint density at radius 1 is 1.41 bits per heavy atom. The summed E-state index contributed by atoms with van der Waals surface area (Å²) < 4.78 is 10.3. The summed E-state index contributed by atoms with van der Waals surface area (Å²) in [7, 11) is 1.58. The van der Waals surface area contributed by atoms with Gasteiger partial charge in [0.15, 0.2) is 0 Å². The second-order valence-electron chi connectivity index (χ2n) is 3.79. The molecular formula is C12H14N2O3. The number of ether oxygens (including phenoxy) is 1. The van der Waals surface area contributed by atoms with Crippen LogP contribution in [0.2, 0.25) is 0 Å². The van der Waals surface area contributed by atoms with Crippen molar-refractivity contribution in [3.63, 3.8) is 0 Å². The molecule has 1 aromatic heterocycles. The number of aromatic hydroxyl groups is 1. The van der Waals surface area contributed by atoms with Crippen LogP contribution in [0.5, 0.6) is 5.75 Å². The monoisotopic (exact) mass is 234 g/mol. The molecule has 2 aromatic rings. The number of aromatic nitrogens is 2. The van der Waals surface area contributed by atoms with Crippen LogP contribution in [0.25, 0.3) is 11.5 Å². The van der Waals surface area contributed by atoms with Gasteiger partial charge >= 0.3 is 0 Å². The molecule has 5 heteroatoms. The fraction of sp³-hybridized carbons (Fsp3) is 0.333. The Labute approximate surface area is 99.0 Å². The number of phenols is 1. The number of rotatable bonds is 3. The number of methoxy groups -OCH3 is 1. The van der Waals surface area contributed by atoms with E-state index in [9.17, 15) is 5.11 Å². The molecule has 2 rings (SSSR count). The maximum absolute atomic E-state index is 9.61. The fourth-order valence-corrected chi connectivity index (χ4v) is 1.47. The van der Waals surface area contributed by atoms with Gasteiger partial charge in [-0.2, -0.15) is 4.98 Å². The van der Waals surface area contributed by atoms with Crippen LogP contribution in [-0.2, 0) is 4.74 Å². The maximum atomic E-state index is 9.61. The highest BCUT2D eigenvalue weighted by molar-refractivity contribution is 5.61. The van der Waals surface area contributed by atoms with E-state index in [0.717, 1.165) is 5.56 Å². The van der Waals surface area contributed by atoms with Gasteiger partial charge in [0.2, 0.25) is 5.82 Å². The molecule has 0 fully saturated rings. The first-order valence-electron chi connectivity index (χ1n) is 5.29. The highest BCUT2D eigenvalue weighted by atomic mass is 16.5. The van der Waals surface area contributed by atoms with Crippen LogP contribution in [0.15, 0.2) is 22.7 Å². The molecular weight excluding hydrogens is 220 g/mol. The zero-order valence-corrected chi connectivity index (χ0v) is 9.97. The van der Waals surface area contributed by atoms with Crippen molar-refractivity contribution in [2.45, 2.75) is 20.0 Å². The molecule has 5 nitrogen and oxygen atoms in total.